The Morgan fingerprint density at radius 3 is 2.61 bits per heavy atom. The molecule has 2 heterocycles. The summed E-state index contributed by atoms with van der Waals surface area (Å²) in [6.07, 6.45) is 11.8. The molecule has 0 saturated heterocycles. The second kappa shape index (κ2) is 6.54. The topological polar surface area (TPSA) is 50.9 Å². The molecule has 2 aromatic heterocycles. The van der Waals surface area contributed by atoms with Crippen molar-refractivity contribution in [3.05, 3.63) is 90.5 Å². The first kappa shape index (κ1) is 15.1. The van der Waals surface area contributed by atoms with Crippen molar-refractivity contribution < 1.29 is 9.50 Å². The first-order valence-electron chi connectivity index (χ1n) is 7.19. The van der Waals surface area contributed by atoms with Gasteiger partial charge in [0, 0.05) is 30.4 Å². The van der Waals surface area contributed by atoms with Crippen LogP contribution >= 0.6 is 0 Å². The maximum Gasteiger partial charge on any atom is 0.127 e. The second-order valence-electron chi connectivity index (χ2n) is 5.29. The molecule has 0 bridgehead atoms. The maximum atomic E-state index is 13.0. The fourth-order valence-electron chi connectivity index (χ4n) is 2.33. The van der Waals surface area contributed by atoms with E-state index >= 15 is 0 Å². The van der Waals surface area contributed by atoms with E-state index in [1.807, 2.05) is 6.07 Å². The van der Waals surface area contributed by atoms with Crippen molar-refractivity contribution >= 4 is 6.08 Å². The van der Waals surface area contributed by atoms with E-state index in [0.29, 0.717) is 12.1 Å². The first-order valence-corrected chi connectivity index (χ1v) is 7.19. The molecule has 5 heteroatoms. The highest BCUT2D eigenvalue weighted by Gasteiger charge is 2.27. The van der Waals surface area contributed by atoms with Crippen molar-refractivity contribution in [1.29, 1.82) is 0 Å². The summed E-state index contributed by atoms with van der Waals surface area (Å²) in [5, 5.41) is 11.1. The van der Waals surface area contributed by atoms with Crippen molar-refractivity contribution in [3.63, 3.8) is 0 Å². The third-order valence-corrected chi connectivity index (χ3v) is 3.57. The number of pyridine rings is 1. The Balaban J connectivity index is 1.93. The summed E-state index contributed by atoms with van der Waals surface area (Å²) in [5.41, 5.74) is 0.231. The highest BCUT2D eigenvalue weighted by molar-refractivity contribution is 5.51. The Morgan fingerprint density at radius 1 is 1.13 bits per heavy atom. The van der Waals surface area contributed by atoms with Crippen molar-refractivity contribution in [1.82, 2.24) is 14.5 Å². The van der Waals surface area contributed by atoms with E-state index in [-0.39, 0.29) is 5.82 Å². The Morgan fingerprint density at radius 2 is 1.96 bits per heavy atom. The predicted octanol–water partition coefficient (Wildman–Crippen LogP) is 3.02. The molecule has 0 aliphatic rings. The van der Waals surface area contributed by atoms with Gasteiger partial charge in [-0.25, -0.2) is 9.37 Å². The van der Waals surface area contributed by atoms with Crippen molar-refractivity contribution in [2.24, 2.45) is 0 Å². The standard InChI is InChI=1S/C18H16FN3O/c19-17-5-3-15(4-6-17)7-8-18(23,13-22-11-10-21-14-22)16-2-1-9-20-12-16/h1-12,14,23H,13H2/b8-7+/t18-/m1/s1. The molecular formula is C18H16FN3O. The number of imidazole rings is 1. The lowest BCUT2D eigenvalue weighted by Crippen LogP contribution is -2.28. The molecule has 23 heavy (non-hydrogen) atoms. The normalized spacial score (nSPS) is 14.0. The van der Waals surface area contributed by atoms with Gasteiger partial charge >= 0.3 is 0 Å². The molecule has 3 aromatic rings. The van der Waals surface area contributed by atoms with Crippen LogP contribution in [0.2, 0.25) is 0 Å². The monoisotopic (exact) mass is 309 g/mol. The summed E-state index contributed by atoms with van der Waals surface area (Å²) in [7, 11) is 0. The number of halogens is 1. The SMILES string of the molecule is O[C@](/C=C/c1ccc(F)cc1)(Cn1ccnc1)c1cccnc1. The molecule has 0 unspecified atom stereocenters. The van der Waals surface area contributed by atoms with Gasteiger partial charge < -0.3 is 9.67 Å². The van der Waals surface area contributed by atoms with Gasteiger partial charge in [-0.3, -0.25) is 4.98 Å². The Labute approximate surface area is 133 Å². The lowest BCUT2D eigenvalue weighted by Gasteiger charge is -2.25. The lowest BCUT2D eigenvalue weighted by molar-refractivity contribution is 0.0701. The summed E-state index contributed by atoms with van der Waals surface area (Å²) < 4.78 is 14.8. The zero-order valence-corrected chi connectivity index (χ0v) is 12.4. The molecule has 0 aliphatic heterocycles. The fourth-order valence-corrected chi connectivity index (χ4v) is 2.33. The molecule has 0 spiro atoms. The summed E-state index contributed by atoms with van der Waals surface area (Å²) in [6.45, 7) is 0.302. The molecule has 0 fully saturated rings. The fraction of sp³-hybridized carbons (Fsp3) is 0.111. The van der Waals surface area contributed by atoms with E-state index in [0.717, 1.165) is 5.56 Å². The third kappa shape index (κ3) is 3.70. The molecule has 0 saturated carbocycles. The maximum absolute atomic E-state index is 13.0. The van der Waals surface area contributed by atoms with E-state index in [4.69, 9.17) is 0 Å². The van der Waals surface area contributed by atoms with Crippen LogP contribution in [0.1, 0.15) is 11.1 Å². The lowest BCUT2D eigenvalue weighted by atomic mass is 9.93. The molecule has 0 radical (unpaired) electrons. The van der Waals surface area contributed by atoms with Crippen LogP contribution in [0, 0.1) is 5.82 Å². The van der Waals surface area contributed by atoms with E-state index < -0.39 is 5.60 Å². The summed E-state index contributed by atoms with van der Waals surface area (Å²) in [5.74, 6) is -0.289. The van der Waals surface area contributed by atoms with Crippen LogP contribution in [0.5, 0.6) is 0 Å². The zero-order chi connectivity index (χ0) is 16.1. The van der Waals surface area contributed by atoms with Gasteiger partial charge in [-0.1, -0.05) is 24.3 Å². The minimum absolute atomic E-state index is 0.289. The summed E-state index contributed by atoms with van der Waals surface area (Å²) >= 11 is 0. The molecule has 3 rings (SSSR count). The first-order chi connectivity index (χ1) is 11.2. The van der Waals surface area contributed by atoms with Crippen LogP contribution < -0.4 is 0 Å². The Hall–Kier alpha value is -2.79. The van der Waals surface area contributed by atoms with E-state index in [9.17, 15) is 9.50 Å². The van der Waals surface area contributed by atoms with Crippen LogP contribution in [0.4, 0.5) is 4.39 Å². The van der Waals surface area contributed by atoms with Crippen molar-refractivity contribution in [3.8, 4) is 0 Å². The van der Waals surface area contributed by atoms with Crippen LogP contribution in [0.15, 0.2) is 73.6 Å². The average molecular weight is 309 g/mol. The number of aliphatic hydroxyl groups is 1. The van der Waals surface area contributed by atoms with E-state index in [1.165, 1.54) is 12.1 Å². The number of hydrogen-bond acceptors (Lipinski definition) is 3. The zero-order valence-electron chi connectivity index (χ0n) is 12.4. The molecule has 0 aliphatic carbocycles. The van der Waals surface area contributed by atoms with E-state index in [1.54, 1.807) is 66.0 Å². The molecule has 116 valence electrons. The van der Waals surface area contributed by atoms with Crippen LogP contribution in [-0.2, 0) is 12.1 Å². The minimum Gasteiger partial charge on any atom is -0.379 e. The number of hydrogen-bond donors (Lipinski definition) is 1. The molecule has 1 atom stereocenters. The van der Waals surface area contributed by atoms with Crippen LogP contribution in [0.25, 0.3) is 6.08 Å². The number of aromatic nitrogens is 3. The molecular weight excluding hydrogens is 293 g/mol. The largest absolute Gasteiger partial charge is 0.379 e. The second-order valence-corrected chi connectivity index (χ2v) is 5.29. The molecule has 4 nitrogen and oxygen atoms in total. The van der Waals surface area contributed by atoms with Gasteiger partial charge in [-0.15, -0.1) is 0 Å². The van der Waals surface area contributed by atoms with Gasteiger partial charge in [-0.05, 0) is 29.8 Å². The average Bonchev–Trinajstić information content (AvgIpc) is 3.08. The third-order valence-electron chi connectivity index (χ3n) is 3.57. The Bertz CT molecular complexity index is 770. The van der Waals surface area contributed by atoms with E-state index in [2.05, 4.69) is 9.97 Å². The summed E-state index contributed by atoms with van der Waals surface area (Å²) in [6, 6.07) is 9.69. The smallest absolute Gasteiger partial charge is 0.127 e. The van der Waals surface area contributed by atoms with Gasteiger partial charge in [0.25, 0.3) is 0 Å². The highest BCUT2D eigenvalue weighted by atomic mass is 19.1. The number of rotatable bonds is 5. The minimum atomic E-state index is -1.25. The number of benzene rings is 1. The quantitative estimate of drug-likeness (QED) is 0.788. The van der Waals surface area contributed by atoms with Crippen molar-refractivity contribution in [2.75, 3.05) is 0 Å². The number of nitrogens with zero attached hydrogens (tertiary/aromatic N) is 3. The van der Waals surface area contributed by atoms with Crippen LogP contribution in [0.3, 0.4) is 0 Å². The van der Waals surface area contributed by atoms with Crippen molar-refractivity contribution in [2.45, 2.75) is 12.1 Å². The van der Waals surface area contributed by atoms with Gasteiger partial charge in [0.15, 0.2) is 0 Å². The van der Waals surface area contributed by atoms with Crippen LogP contribution in [-0.4, -0.2) is 19.6 Å². The van der Waals surface area contributed by atoms with Gasteiger partial charge in [0.2, 0.25) is 0 Å². The molecule has 1 aromatic carbocycles. The predicted molar refractivity (Wildman–Crippen MR) is 85.8 cm³/mol. The molecule has 0 amide bonds. The van der Waals surface area contributed by atoms with Gasteiger partial charge in [0.05, 0.1) is 12.9 Å². The highest BCUT2D eigenvalue weighted by Crippen LogP contribution is 2.25. The summed E-state index contributed by atoms with van der Waals surface area (Å²) in [4.78, 5) is 8.08. The Kier molecular flexibility index (Phi) is 4.30. The molecule has 1 N–H and O–H groups in total. The van der Waals surface area contributed by atoms with Gasteiger partial charge in [-0.2, -0.15) is 0 Å². The van der Waals surface area contributed by atoms with Gasteiger partial charge in [0.1, 0.15) is 11.4 Å².